The average Bonchev–Trinajstić information content (AvgIpc) is 2.54. The van der Waals surface area contributed by atoms with Crippen molar-refractivity contribution in [1.82, 2.24) is 4.90 Å². The molecule has 2 aromatic rings. The summed E-state index contributed by atoms with van der Waals surface area (Å²) in [5, 5.41) is 5.30. The number of anilines is 2. The standard InChI is InChI=1S/C20H23N3O3/c1-13-7-5-6-8-16(13)12-23(4)20(26)17-9-18(21-14(2)24)11-19(10-17)22-15(3)25/h5-11H,12H2,1-4H3,(H,21,24)(H,22,25). The van der Waals surface area contributed by atoms with Gasteiger partial charge in [0.15, 0.2) is 0 Å². The molecule has 6 nitrogen and oxygen atoms in total. The molecule has 0 saturated heterocycles. The third-order valence-corrected chi connectivity index (χ3v) is 3.84. The topological polar surface area (TPSA) is 78.5 Å². The Kier molecular flexibility index (Phi) is 6.11. The highest BCUT2D eigenvalue weighted by Crippen LogP contribution is 2.21. The number of amides is 3. The molecule has 0 spiro atoms. The van der Waals surface area contributed by atoms with E-state index in [-0.39, 0.29) is 17.7 Å². The molecule has 0 unspecified atom stereocenters. The Balaban J connectivity index is 2.29. The number of nitrogens with zero attached hydrogens (tertiary/aromatic N) is 1. The van der Waals surface area contributed by atoms with Crippen molar-refractivity contribution in [3.8, 4) is 0 Å². The molecule has 0 aliphatic heterocycles. The van der Waals surface area contributed by atoms with E-state index in [4.69, 9.17) is 0 Å². The number of carbonyl (C=O) groups is 3. The Morgan fingerprint density at radius 2 is 1.46 bits per heavy atom. The minimum atomic E-state index is -0.253. The molecule has 2 N–H and O–H groups in total. The fraction of sp³-hybridized carbons (Fsp3) is 0.250. The molecule has 2 aromatic carbocycles. The van der Waals surface area contributed by atoms with Crippen molar-refractivity contribution >= 4 is 29.1 Å². The van der Waals surface area contributed by atoms with Gasteiger partial charge >= 0.3 is 0 Å². The Bertz CT molecular complexity index is 812. The molecule has 136 valence electrons. The van der Waals surface area contributed by atoms with E-state index >= 15 is 0 Å². The number of hydrogen-bond donors (Lipinski definition) is 2. The number of nitrogens with one attached hydrogen (secondary N) is 2. The number of benzene rings is 2. The lowest BCUT2D eigenvalue weighted by Gasteiger charge is -2.19. The molecule has 26 heavy (non-hydrogen) atoms. The second kappa shape index (κ2) is 8.29. The first-order valence-corrected chi connectivity index (χ1v) is 8.26. The lowest BCUT2D eigenvalue weighted by atomic mass is 10.1. The van der Waals surface area contributed by atoms with Gasteiger partial charge in [0.1, 0.15) is 0 Å². The summed E-state index contributed by atoms with van der Waals surface area (Å²) < 4.78 is 0. The summed E-state index contributed by atoms with van der Waals surface area (Å²) in [6, 6.07) is 12.7. The van der Waals surface area contributed by atoms with Crippen LogP contribution >= 0.6 is 0 Å². The quantitative estimate of drug-likeness (QED) is 0.866. The zero-order valence-electron chi connectivity index (χ0n) is 15.4. The van der Waals surface area contributed by atoms with E-state index in [0.29, 0.717) is 23.5 Å². The van der Waals surface area contributed by atoms with Gasteiger partial charge < -0.3 is 15.5 Å². The molecule has 6 heteroatoms. The van der Waals surface area contributed by atoms with Crippen LogP contribution in [0.5, 0.6) is 0 Å². The van der Waals surface area contributed by atoms with E-state index in [1.165, 1.54) is 13.8 Å². The van der Waals surface area contributed by atoms with E-state index in [9.17, 15) is 14.4 Å². The fourth-order valence-corrected chi connectivity index (χ4v) is 2.64. The highest BCUT2D eigenvalue weighted by atomic mass is 16.2. The van der Waals surface area contributed by atoms with E-state index in [2.05, 4.69) is 10.6 Å². The van der Waals surface area contributed by atoms with E-state index < -0.39 is 0 Å². The van der Waals surface area contributed by atoms with Gasteiger partial charge in [-0.25, -0.2) is 0 Å². The Labute approximate surface area is 153 Å². The van der Waals surface area contributed by atoms with E-state index in [0.717, 1.165) is 11.1 Å². The second-order valence-corrected chi connectivity index (χ2v) is 6.25. The van der Waals surface area contributed by atoms with Crippen molar-refractivity contribution in [2.24, 2.45) is 0 Å². The first kappa shape index (κ1) is 19.2. The largest absolute Gasteiger partial charge is 0.337 e. The summed E-state index contributed by atoms with van der Waals surface area (Å²) >= 11 is 0. The molecule has 0 atom stereocenters. The maximum absolute atomic E-state index is 12.8. The van der Waals surface area contributed by atoms with Crippen molar-refractivity contribution < 1.29 is 14.4 Å². The van der Waals surface area contributed by atoms with Crippen molar-refractivity contribution in [2.45, 2.75) is 27.3 Å². The van der Waals surface area contributed by atoms with Gasteiger partial charge in [0.2, 0.25) is 11.8 Å². The van der Waals surface area contributed by atoms with Crippen LogP contribution in [0.3, 0.4) is 0 Å². The summed E-state index contributed by atoms with van der Waals surface area (Å²) in [6.45, 7) is 5.24. The maximum atomic E-state index is 12.8. The van der Waals surface area contributed by atoms with Gasteiger partial charge in [-0.3, -0.25) is 14.4 Å². The molecule has 0 aliphatic rings. The molecule has 0 radical (unpaired) electrons. The zero-order chi connectivity index (χ0) is 19.3. The number of hydrogen-bond acceptors (Lipinski definition) is 3. The minimum Gasteiger partial charge on any atom is -0.337 e. The highest BCUT2D eigenvalue weighted by Gasteiger charge is 2.15. The highest BCUT2D eigenvalue weighted by molar-refractivity contribution is 5.99. The Hall–Kier alpha value is -3.15. The molecule has 0 saturated carbocycles. The molecular formula is C20H23N3O3. The van der Waals surface area contributed by atoms with Gasteiger partial charge in [-0.1, -0.05) is 24.3 Å². The van der Waals surface area contributed by atoms with Crippen LogP contribution in [-0.4, -0.2) is 29.7 Å². The van der Waals surface area contributed by atoms with Gasteiger partial charge in [0, 0.05) is 44.4 Å². The Morgan fingerprint density at radius 3 is 1.96 bits per heavy atom. The molecule has 0 heterocycles. The van der Waals surface area contributed by atoms with Gasteiger partial charge in [-0.2, -0.15) is 0 Å². The summed E-state index contributed by atoms with van der Waals surface area (Å²) in [5.41, 5.74) is 3.46. The van der Waals surface area contributed by atoms with Crippen LogP contribution < -0.4 is 10.6 Å². The van der Waals surface area contributed by atoms with Crippen molar-refractivity contribution in [3.63, 3.8) is 0 Å². The van der Waals surface area contributed by atoms with Gasteiger partial charge in [0.25, 0.3) is 5.91 Å². The molecule has 3 amide bonds. The van der Waals surface area contributed by atoms with Gasteiger partial charge in [-0.05, 0) is 36.2 Å². The molecule has 0 fully saturated rings. The monoisotopic (exact) mass is 353 g/mol. The van der Waals surface area contributed by atoms with Crippen LogP contribution in [0, 0.1) is 6.92 Å². The molecule has 0 aliphatic carbocycles. The van der Waals surface area contributed by atoms with Crippen LogP contribution in [0.1, 0.15) is 35.3 Å². The predicted octanol–water partition coefficient (Wildman–Crippen LogP) is 3.18. The van der Waals surface area contributed by atoms with Crippen molar-refractivity contribution in [3.05, 3.63) is 59.2 Å². The van der Waals surface area contributed by atoms with Crippen LogP contribution in [0.4, 0.5) is 11.4 Å². The van der Waals surface area contributed by atoms with Crippen LogP contribution in [0.25, 0.3) is 0 Å². The van der Waals surface area contributed by atoms with E-state index in [1.54, 1.807) is 30.1 Å². The SMILES string of the molecule is CC(=O)Nc1cc(NC(C)=O)cc(C(=O)N(C)Cc2ccccc2C)c1. The first-order chi connectivity index (χ1) is 12.3. The molecule has 2 rings (SSSR count). The lowest BCUT2D eigenvalue weighted by Crippen LogP contribution is -2.27. The van der Waals surface area contributed by atoms with E-state index in [1.807, 2.05) is 31.2 Å². The summed E-state index contributed by atoms with van der Waals surface area (Å²) in [6.07, 6.45) is 0. The summed E-state index contributed by atoms with van der Waals surface area (Å²) in [4.78, 5) is 37.1. The van der Waals surface area contributed by atoms with Crippen LogP contribution in [0.15, 0.2) is 42.5 Å². The second-order valence-electron chi connectivity index (χ2n) is 6.25. The number of aryl methyl sites for hydroxylation is 1. The summed E-state index contributed by atoms with van der Waals surface area (Å²) in [5.74, 6) is -0.708. The van der Waals surface area contributed by atoms with Crippen LogP contribution in [-0.2, 0) is 16.1 Å². The third-order valence-electron chi connectivity index (χ3n) is 3.84. The van der Waals surface area contributed by atoms with Crippen molar-refractivity contribution in [1.29, 1.82) is 0 Å². The Morgan fingerprint density at radius 1 is 0.923 bits per heavy atom. The van der Waals surface area contributed by atoms with Gasteiger partial charge in [0.05, 0.1) is 0 Å². The minimum absolute atomic E-state index is 0.202. The molecule has 0 aromatic heterocycles. The lowest BCUT2D eigenvalue weighted by molar-refractivity contribution is -0.115. The predicted molar refractivity (Wildman–Crippen MR) is 102 cm³/mol. The number of carbonyl (C=O) groups excluding carboxylic acids is 3. The average molecular weight is 353 g/mol. The molecule has 0 bridgehead atoms. The first-order valence-electron chi connectivity index (χ1n) is 8.26. The zero-order valence-corrected chi connectivity index (χ0v) is 15.4. The smallest absolute Gasteiger partial charge is 0.254 e. The van der Waals surface area contributed by atoms with Gasteiger partial charge in [-0.15, -0.1) is 0 Å². The fourth-order valence-electron chi connectivity index (χ4n) is 2.64. The summed E-state index contributed by atoms with van der Waals surface area (Å²) in [7, 11) is 1.72. The molecular weight excluding hydrogens is 330 g/mol. The number of rotatable bonds is 5. The third kappa shape index (κ3) is 5.17. The van der Waals surface area contributed by atoms with Crippen molar-refractivity contribution in [2.75, 3.05) is 17.7 Å². The van der Waals surface area contributed by atoms with Crippen LogP contribution in [0.2, 0.25) is 0 Å². The normalized spacial score (nSPS) is 10.2. The maximum Gasteiger partial charge on any atom is 0.254 e.